The first-order valence-corrected chi connectivity index (χ1v) is 10.1. The number of carbonyl (C=O) groups excluding carboxylic acids is 1. The van der Waals surface area contributed by atoms with Crippen molar-refractivity contribution in [1.29, 1.82) is 0 Å². The van der Waals surface area contributed by atoms with Gasteiger partial charge in [0.25, 0.3) is 0 Å². The minimum absolute atomic E-state index is 0.0686. The summed E-state index contributed by atoms with van der Waals surface area (Å²) in [6.45, 7) is 3.39. The average molecular weight is 406 g/mol. The van der Waals surface area contributed by atoms with E-state index in [0.29, 0.717) is 36.1 Å². The summed E-state index contributed by atoms with van der Waals surface area (Å²) in [6.07, 6.45) is 7.59. The summed E-state index contributed by atoms with van der Waals surface area (Å²) in [5.74, 6) is 6.80. The highest BCUT2D eigenvalue weighted by Gasteiger charge is 2.26. The highest BCUT2D eigenvalue weighted by Crippen LogP contribution is 2.20. The summed E-state index contributed by atoms with van der Waals surface area (Å²) >= 11 is 0. The first-order valence-electron chi connectivity index (χ1n) is 10.1. The summed E-state index contributed by atoms with van der Waals surface area (Å²) < 4.78 is 15.3. The van der Waals surface area contributed by atoms with Crippen LogP contribution in [0.15, 0.2) is 36.8 Å². The Labute approximate surface area is 174 Å². The van der Waals surface area contributed by atoms with Crippen LogP contribution in [0, 0.1) is 17.7 Å². The number of pyridine rings is 1. The number of unbranched alkanes of at least 4 members (excludes halogenated alkanes) is 1. The highest BCUT2D eigenvalue weighted by molar-refractivity contribution is 5.79. The quantitative estimate of drug-likeness (QED) is 0.659. The third-order valence-electron chi connectivity index (χ3n) is 4.99. The minimum Gasteiger partial charge on any atom is -0.365 e. The predicted molar refractivity (Wildman–Crippen MR) is 112 cm³/mol. The maximum atomic E-state index is 13.6. The van der Waals surface area contributed by atoms with Gasteiger partial charge in [-0.15, -0.1) is 5.92 Å². The second-order valence-corrected chi connectivity index (χ2v) is 7.23. The second-order valence-electron chi connectivity index (χ2n) is 7.23. The summed E-state index contributed by atoms with van der Waals surface area (Å²) in [7, 11) is 0. The number of nitrogens with one attached hydrogen (secondary N) is 1. The first kappa shape index (κ1) is 19.8. The standard InChI is InChI=1S/C22H23FN6O/c1-2-3-4-5-6-21(30)28-12-10-17(15-28)26-19-9-11-24-22(27-19)18-13-25-20-8-7-16(23)14-29(18)20/h7-9,11,13-14,17H,2-3,6,10,12,15H2,1H3,(H,24,26,27). The molecule has 1 amide bonds. The van der Waals surface area contributed by atoms with Gasteiger partial charge in [0.1, 0.15) is 23.0 Å². The van der Waals surface area contributed by atoms with Crippen LogP contribution >= 0.6 is 0 Å². The molecular formula is C22H23FN6O. The van der Waals surface area contributed by atoms with Crippen LogP contribution in [-0.2, 0) is 4.79 Å². The Kier molecular flexibility index (Phi) is 5.89. The van der Waals surface area contributed by atoms with Gasteiger partial charge < -0.3 is 10.2 Å². The van der Waals surface area contributed by atoms with Gasteiger partial charge in [0.2, 0.25) is 5.91 Å². The zero-order valence-corrected chi connectivity index (χ0v) is 16.8. The van der Waals surface area contributed by atoms with Crippen molar-refractivity contribution in [2.75, 3.05) is 18.4 Å². The lowest BCUT2D eigenvalue weighted by Crippen LogP contribution is -2.31. The molecule has 0 aromatic carbocycles. The van der Waals surface area contributed by atoms with Crippen molar-refractivity contribution in [2.24, 2.45) is 0 Å². The molecule has 0 bridgehead atoms. The van der Waals surface area contributed by atoms with Crippen molar-refractivity contribution in [3.8, 4) is 23.4 Å². The van der Waals surface area contributed by atoms with Gasteiger partial charge in [-0.2, -0.15) is 0 Å². The molecule has 1 aliphatic rings. The molecule has 0 aliphatic carbocycles. The topological polar surface area (TPSA) is 75.4 Å². The normalized spacial score (nSPS) is 15.8. The molecule has 0 radical (unpaired) electrons. The molecule has 1 atom stereocenters. The molecule has 0 spiro atoms. The SMILES string of the molecule is CCCC#CCC(=O)N1CCC(Nc2ccnc(-c3cnc4ccc(F)cn34)n2)C1. The average Bonchev–Trinajstić information content (AvgIpc) is 3.38. The van der Waals surface area contributed by atoms with Gasteiger partial charge in [-0.25, -0.2) is 19.3 Å². The van der Waals surface area contributed by atoms with Crippen molar-refractivity contribution in [2.45, 2.75) is 38.6 Å². The molecule has 1 unspecified atom stereocenters. The summed E-state index contributed by atoms with van der Waals surface area (Å²) in [4.78, 5) is 27.3. The lowest BCUT2D eigenvalue weighted by molar-refractivity contribution is -0.129. The summed E-state index contributed by atoms with van der Waals surface area (Å²) in [6, 6.07) is 4.87. The maximum Gasteiger partial charge on any atom is 0.234 e. The molecule has 3 aromatic heterocycles. The monoisotopic (exact) mass is 406 g/mol. The van der Waals surface area contributed by atoms with Crippen molar-refractivity contribution < 1.29 is 9.18 Å². The van der Waals surface area contributed by atoms with Crippen LogP contribution in [0.3, 0.4) is 0 Å². The van der Waals surface area contributed by atoms with Gasteiger partial charge in [0.15, 0.2) is 5.82 Å². The van der Waals surface area contributed by atoms with Crippen LogP contribution in [0.25, 0.3) is 17.2 Å². The molecule has 1 fully saturated rings. The maximum absolute atomic E-state index is 13.6. The molecule has 4 rings (SSSR count). The van der Waals surface area contributed by atoms with E-state index in [1.54, 1.807) is 28.9 Å². The van der Waals surface area contributed by atoms with Crippen molar-refractivity contribution in [1.82, 2.24) is 24.3 Å². The molecule has 8 heteroatoms. The van der Waals surface area contributed by atoms with Gasteiger partial charge in [-0.1, -0.05) is 12.8 Å². The number of rotatable bonds is 5. The lowest BCUT2D eigenvalue weighted by atomic mass is 10.2. The van der Waals surface area contributed by atoms with Gasteiger partial charge in [0, 0.05) is 37.9 Å². The molecule has 1 N–H and O–H groups in total. The van der Waals surface area contributed by atoms with Crippen molar-refractivity contribution in [3.63, 3.8) is 0 Å². The number of hydrogen-bond acceptors (Lipinski definition) is 5. The Morgan fingerprint density at radius 2 is 2.20 bits per heavy atom. The van der Waals surface area contributed by atoms with E-state index in [9.17, 15) is 9.18 Å². The third kappa shape index (κ3) is 4.40. The first-order chi connectivity index (χ1) is 14.6. The zero-order chi connectivity index (χ0) is 20.9. The Morgan fingerprint density at radius 3 is 3.07 bits per heavy atom. The fourth-order valence-electron chi connectivity index (χ4n) is 3.46. The van der Waals surface area contributed by atoms with Crippen LogP contribution in [0.4, 0.5) is 10.2 Å². The minimum atomic E-state index is -0.355. The molecule has 154 valence electrons. The number of halogens is 1. The van der Waals surface area contributed by atoms with E-state index in [1.807, 2.05) is 4.90 Å². The molecule has 1 saturated heterocycles. The van der Waals surface area contributed by atoms with Crippen LogP contribution in [-0.4, -0.2) is 49.3 Å². The third-order valence-corrected chi connectivity index (χ3v) is 4.99. The number of fused-ring (bicyclic) bond motifs is 1. The van der Waals surface area contributed by atoms with E-state index in [1.165, 1.54) is 12.3 Å². The van der Waals surface area contributed by atoms with Gasteiger partial charge in [0.05, 0.1) is 12.6 Å². The van der Waals surface area contributed by atoms with Crippen LogP contribution in [0.5, 0.6) is 0 Å². The fraction of sp³-hybridized carbons (Fsp3) is 0.364. The molecule has 30 heavy (non-hydrogen) atoms. The van der Waals surface area contributed by atoms with E-state index < -0.39 is 0 Å². The number of hydrogen-bond donors (Lipinski definition) is 1. The van der Waals surface area contributed by atoms with Crippen LogP contribution in [0.1, 0.15) is 32.6 Å². The molecule has 0 saturated carbocycles. The van der Waals surface area contributed by atoms with Gasteiger partial charge in [-0.05, 0) is 31.0 Å². The Hall–Kier alpha value is -3.47. The van der Waals surface area contributed by atoms with E-state index in [2.05, 4.69) is 39.0 Å². The molecule has 1 aliphatic heterocycles. The second kappa shape index (κ2) is 8.91. The van der Waals surface area contributed by atoms with Gasteiger partial charge >= 0.3 is 0 Å². The highest BCUT2D eigenvalue weighted by atomic mass is 19.1. The lowest BCUT2D eigenvalue weighted by Gasteiger charge is -2.16. The van der Waals surface area contributed by atoms with E-state index >= 15 is 0 Å². The number of imidazole rings is 1. The smallest absolute Gasteiger partial charge is 0.234 e. The number of likely N-dealkylation sites (tertiary alicyclic amines) is 1. The Bertz CT molecular complexity index is 1120. The van der Waals surface area contributed by atoms with E-state index in [4.69, 9.17) is 0 Å². The Balaban J connectivity index is 1.42. The van der Waals surface area contributed by atoms with Crippen LogP contribution < -0.4 is 5.32 Å². The number of anilines is 1. The summed E-state index contributed by atoms with van der Waals surface area (Å²) in [5, 5.41) is 3.38. The predicted octanol–water partition coefficient (Wildman–Crippen LogP) is 3.14. The Morgan fingerprint density at radius 1 is 1.30 bits per heavy atom. The zero-order valence-electron chi connectivity index (χ0n) is 16.8. The molecule has 3 aromatic rings. The molecule has 4 heterocycles. The molecular weight excluding hydrogens is 383 g/mol. The number of amides is 1. The summed E-state index contributed by atoms with van der Waals surface area (Å²) in [5.41, 5.74) is 1.24. The van der Waals surface area contributed by atoms with E-state index in [0.717, 1.165) is 19.3 Å². The van der Waals surface area contributed by atoms with E-state index in [-0.39, 0.29) is 24.2 Å². The van der Waals surface area contributed by atoms with Crippen molar-refractivity contribution in [3.05, 3.63) is 42.6 Å². The largest absolute Gasteiger partial charge is 0.365 e. The number of carbonyl (C=O) groups is 1. The fourth-order valence-corrected chi connectivity index (χ4v) is 3.46. The number of nitrogens with zero attached hydrogens (tertiary/aromatic N) is 5. The van der Waals surface area contributed by atoms with Crippen LogP contribution in [0.2, 0.25) is 0 Å². The van der Waals surface area contributed by atoms with Crippen molar-refractivity contribution >= 4 is 17.4 Å². The molecule has 7 nitrogen and oxygen atoms in total. The number of aromatic nitrogens is 4. The van der Waals surface area contributed by atoms with Gasteiger partial charge in [-0.3, -0.25) is 9.20 Å².